The monoisotopic (exact) mass is 258 g/mol. The third kappa shape index (κ3) is 1.55. The van der Waals surface area contributed by atoms with Crippen molar-refractivity contribution in [1.82, 2.24) is 4.90 Å². The molecule has 0 spiro atoms. The van der Waals surface area contributed by atoms with Crippen LogP contribution in [-0.2, 0) is 0 Å². The highest BCUT2D eigenvalue weighted by atomic mass is 79.9. The first kappa shape index (κ1) is 10.7. The fourth-order valence-corrected chi connectivity index (χ4v) is 3.28. The van der Waals surface area contributed by atoms with E-state index < -0.39 is 0 Å². The predicted molar refractivity (Wildman–Crippen MR) is 63.4 cm³/mol. The largest absolute Gasteiger partial charge is 0.329 e. The lowest BCUT2D eigenvalue weighted by atomic mass is 9.66. The highest BCUT2D eigenvalue weighted by Crippen LogP contribution is 2.43. The molecular formula is C11H19BrN2. The van der Waals surface area contributed by atoms with E-state index in [0.29, 0.717) is 5.54 Å². The van der Waals surface area contributed by atoms with Crippen LogP contribution in [0.1, 0.15) is 26.2 Å². The number of nitrogens with zero attached hydrogens (tertiary/aromatic N) is 1. The molecular weight excluding hydrogens is 240 g/mol. The summed E-state index contributed by atoms with van der Waals surface area (Å²) in [5, 5.41) is 0. The van der Waals surface area contributed by atoms with Crippen molar-refractivity contribution in [3.8, 4) is 0 Å². The lowest BCUT2D eigenvalue weighted by Crippen LogP contribution is -2.64. The lowest BCUT2D eigenvalue weighted by molar-refractivity contribution is -0.0240. The number of nitrogens with two attached hydrogens (primary N) is 1. The SMILES string of the molecule is CC1CCC1(CN)N1CCC=C(Br)C1. The summed E-state index contributed by atoms with van der Waals surface area (Å²) in [5.74, 6) is 0.769. The van der Waals surface area contributed by atoms with Crippen molar-refractivity contribution in [3.05, 3.63) is 10.6 Å². The molecule has 1 aliphatic carbocycles. The van der Waals surface area contributed by atoms with Crippen molar-refractivity contribution in [1.29, 1.82) is 0 Å². The molecule has 0 radical (unpaired) electrons. The third-order valence-electron chi connectivity index (χ3n) is 4.02. The Hall–Kier alpha value is 0.140. The van der Waals surface area contributed by atoms with Gasteiger partial charge in [-0.25, -0.2) is 0 Å². The summed E-state index contributed by atoms with van der Waals surface area (Å²) in [6.07, 6.45) is 6.07. The Kier molecular flexibility index (Phi) is 3.01. The highest BCUT2D eigenvalue weighted by molar-refractivity contribution is 9.11. The molecule has 2 aliphatic rings. The van der Waals surface area contributed by atoms with Crippen molar-refractivity contribution in [2.45, 2.75) is 31.7 Å². The van der Waals surface area contributed by atoms with E-state index in [4.69, 9.17) is 5.73 Å². The third-order valence-corrected chi connectivity index (χ3v) is 4.59. The molecule has 0 amide bonds. The van der Waals surface area contributed by atoms with Crippen molar-refractivity contribution in [3.63, 3.8) is 0 Å². The zero-order valence-corrected chi connectivity index (χ0v) is 10.4. The van der Waals surface area contributed by atoms with E-state index in [1.807, 2.05) is 0 Å². The van der Waals surface area contributed by atoms with Crippen LogP contribution in [0.4, 0.5) is 0 Å². The number of hydrogen-bond acceptors (Lipinski definition) is 2. The maximum absolute atomic E-state index is 5.96. The van der Waals surface area contributed by atoms with Crippen LogP contribution in [0.2, 0.25) is 0 Å². The molecule has 3 heteroatoms. The molecule has 14 heavy (non-hydrogen) atoms. The zero-order valence-electron chi connectivity index (χ0n) is 8.80. The standard InChI is InChI=1S/C11H19BrN2/c1-9-4-5-11(9,8-13)14-6-2-3-10(12)7-14/h3,9H,2,4-8,13H2,1H3. The molecule has 0 bridgehead atoms. The van der Waals surface area contributed by atoms with E-state index in [0.717, 1.165) is 25.4 Å². The van der Waals surface area contributed by atoms with E-state index in [2.05, 4.69) is 33.8 Å². The smallest absolute Gasteiger partial charge is 0.0361 e. The van der Waals surface area contributed by atoms with E-state index in [1.165, 1.54) is 23.9 Å². The van der Waals surface area contributed by atoms with Crippen LogP contribution >= 0.6 is 15.9 Å². The summed E-state index contributed by atoms with van der Waals surface area (Å²) >= 11 is 3.60. The minimum Gasteiger partial charge on any atom is -0.329 e. The first-order chi connectivity index (χ1) is 6.69. The minimum atomic E-state index is 0.313. The Morgan fingerprint density at radius 2 is 2.50 bits per heavy atom. The summed E-state index contributed by atoms with van der Waals surface area (Å²) in [6.45, 7) is 5.38. The molecule has 0 aromatic carbocycles. The Balaban J connectivity index is 2.09. The minimum absolute atomic E-state index is 0.313. The van der Waals surface area contributed by atoms with Gasteiger partial charge in [0.2, 0.25) is 0 Å². The molecule has 2 N–H and O–H groups in total. The van der Waals surface area contributed by atoms with Gasteiger partial charge in [-0.15, -0.1) is 0 Å². The molecule has 2 nitrogen and oxygen atoms in total. The average Bonchev–Trinajstić information content (AvgIpc) is 2.17. The van der Waals surface area contributed by atoms with Gasteiger partial charge in [-0.2, -0.15) is 0 Å². The van der Waals surface area contributed by atoms with Gasteiger partial charge in [-0.1, -0.05) is 28.9 Å². The van der Waals surface area contributed by atoms with Crippen LogP contribution in [0.5, 0.6) is 0 Å². The van der Waals surface area contributed by atoms with Gasteiger partial charge in [-0.05, 0) is 25.2 Å². The van der Waals surface area contributed by atoms with Gasteiger partial charge >= 0.3 is 0 Å². The van der Waals surface area contributed by atoms with Gasteiger partial charge < -0.3 is 5.73 Å². The van der Waals surface area contributed by atoms with Gasteiger partial charge in [0, 0.05) is 29.7 Å². The number of rotatable bonds is 2. The second kappa shape index (κ2) is 3.95. The van der Waals surface area contributed by atoms with Crippen LogP contribution in [0.25, 0.3) is 0 Å². The van der Waals surface area contributed by atoms with Gasteiger partial charge in [0.25, 0.3) is 0 Å². The first-order valence-electron chi connectivity index (χ1n) is 5.49. The number of hydrogen-bond donors (Lipinski definition) is 1. The Labute approximate surface area is 94.7 Å². The van der Waals surface area contributed by atoms with Crippen LogP contribution in [0.3, 0.4) is 0 Å². The van der Waals surface area contributed by atoms with Gasteiger partial charge in [-0.3, -0.25) is 4.90 Å². The Morgan fingerprint density at radius 3 is 2.93 bits per heavy atom. The molecule has 1 fully saturated rings. The summed E-state index contributed by atoms with van der Waals surface area (Å²) in [4.78, 5) is 2.57. The molecule has 0 aromatic rings. The maximum atomic E-state index is 5.96. The first-order valence-corrected chi connectivity index (χ1v) is 6.28. The van der Waals surface area contributed by atoms with E-state index >= 15 is 0 Å². The van der Waals surface area contributed by atoms with Gasteiger partial charge in [0.05, 0.1) is 0 Å². The van der Waals surface area contributed by atoms with E-state index in [1.54, 1.807) is 0 Å². The quantitative estimate of drug-likeness (QED) is 0.822. The fourth-order valence-electron chi connectivity index (χ4n) is 2.75. The molecule has 0 saturated heterocycles. The summed E-state index contributed by atoms with van der Waals surface area (Å²) in [6, 6.07) is 0. The fraction of sp³-hybridized carbons (Fsp3) is 0.818. The summed E-state index contributed by atoms with van der Waals surface area (Å²) < 4.78 is 1.33. The average molecular weight is 259 g/mol. The van der Waals surface area contributed by atoms with Gasteiger partial charge in [0.15, 0.2) is 0 Å². The van der Waals surface area contributed by atoms with Crippen molar-refractivity contribution >= 4 is 15.9 Å². The molecule has 2 rings (SSSR count). The molecule has 0 aromatic heterocycles. The topological polar surface area (TPSA) is 29.3 Å². The molecule has 2 atom stereocenters. The predicted octanol–water partition coefficient (Wildman–Crippen LogP) is 2.10. The highest BCUT2D eigenvalue weighted by Gasteiger charge is 2.47. The molecule has 1 saturated carbocycles. The zero-order chi connectivity index (χ0) is 10.2. The lowest BCUT2D eigenvalue weighted by Gasteiger charge is -2.55. The van der Waals surface area contributed by atoms with E-state index in [9.17, 15) is 0 Å². The van der Waals surface area contributed by atoms with Crippen molar-refractivity contribution in [2.75, 3.05) is 19.6 Å². The molecule has 1 aliphatic heterocycles. The Morgan fingerprint density at radius 1 is 1.71 bits per heavy atom. The van der Waals surface area contributed by atoms with Gasteiger partial charge in [0.1, 0.15) is 0 Å². The summed E-state index contributed by atoms with van der Waals surface area (Å²) in [7, 11) is 0. The molecule has 80 valence electrons. The molecule has 1 heterocycles. The van der Waals surface area contributed by atoms with E-state index in [-0.39, 0.29) is 0 Å². The van der Waals surface area contributed by atoms with Crippen molar-refractivity contribution < 1.29 is 0 Å². The summed E-state index contributed by atoms with van der Waals surface area (Å²) in [5.41, 5.74) is 6.27. The van der Waals surface area contributed by atoms with Crippen LogP contribution in [-0.4, -0.2) is 30.1 Å². The normalized spacial score (nSPS) is 39.1. The second-order valence-electron chi connectivity index (χ2n) is 4.61. The van der Waals surface area contributed by atoms with Crippen LogP contribution in [0, 0.1) is 5.92 Å². The van der Waals surface area contributed by atoms with Crippen LogP contribution < -0.4 is 5.73 Å². The maximum Gasteiger partial charge on any atom is 0.0361 e. The molecule has 2 unspecified atom stereocenters. The second-order valence-corrected chi connectivity index (χ2v) is 5.63. The Bertz CT molecular complexity index is 248. The van der Waals surface area contributed by atoms with Crippen molar-refractivity contribution in [2.24, 2.45) is 11.7 Å². The van der Waals surface area contributed by atoms with Crippen LogP contribution in [0.15, 0.2) is 10.6 Å². The number of halogens is 1.